The Bertz CT molecular complexity index is 3400. The molecule has 1 aromatic carbocycles. The molecule has 1 aliphatic carbocycles. The number of esters is 1. The monoisotopic (exact) mass is 1660 g/mol. The van der Waals surface area contributed by atoms with Crippen LogP contribution in [0.15, 0.2) is 24.3 Å². The van der Waals surface area contributed by atoms with Gasteiger partial charge in [-0.2, -0.15) is 0 Å². The number of unbranched alkanes of at least 4 members (excludes halogenated alkanes) is 1. The predicted octanol–water partition coefficient (Wildman–Crippen LogP) is -9.26. The number of hydrogen-bond acceptors (Lipinski definition) is 41. The Morgan fingerprint density at radius 3 is 1.20 bits per heavy atom. The van der Waals surface area contributed by atoms with Gasteiger partial charge in [0.1, 0.15) is 183 Å². The number of fused-ring (bicyclic) bond motifs is 1. The van der Waals surface area contributed by atoms with Crippen LogP contribution in [0.1, 0.15) is 63.7 Å². The standard InChI is InChI=1S/C71H105ClO40S/c1-71(2)62(95)27(28(63(71)96)15-13-26(80)14-16-38-40(72)29-10-7-8-11-37(29)113-38)9-5-3-4-6-12-39(81)97-17-18-98-61-53(94)60-36(25-79)105-70(61)112-59-35(24-78)104-68(52(93)46(59)87)110-57-33(22-76)102-66(50(91)44(57)85)108-55-31(20-74)100-64(48(89)42(55)83)106-54-30(19-73)99-65(47(88)41(54)82)107-56-32(21-75)101-67(49(90)43(56)84)109-58-34(23-77)103-69(111-60)51(92)45(58)86/h7-8,10-11,26-28,30-36,41-61,63-70,73-80,82-94,96H,4,6,9,12-25H2,1-2H3. The summed E-state index contributed by atoms with van der Waals surface area (Å²) < 4.78 is 94.4. The van der Waals surface area contributed by atoms with Gasteiger partial charge in [-0.05, 0) is 44.1 Å². The van der Waals surface area contributed by atoms with E-state index in [9.17, 15) is 122 Å². The number of thiophene rings is 1. The molecule has 642 valence electrons. The van der Waals surface area contributed by atoms with E-state index in [0.717, 1.165) is 15.0 Å². The molecule has 21 aliphatic heterocycles. The molecule has 22 heterocycles. The number of ether oxygens (including phenoxy) is 16. The van der Waals surface area contributed by atoms with E-state index in [2.05, 4.69) is 11.8 Å². The van der Waals surface area contributed by atoms with Gasteiger partial charge in [-0.1, -0.05) is 43.6 Å². The fourth-order valence-electron chi connectivity index (χ4n) is 15.8. The Morgan fingerprint density at radius 2 is 0.832 bits per heavy atom. The van der Waals surface area contributed by atoms with Crippen LogP contribution in [0.3, 0.4) is 0 Å². The highest BCUT2D eigenvalue weighted by Crippen LogP contribution is 2.47. The number of aliphatic hydroxyl groups is 22. The van der Waals surface area contributed by atoms with Crippen LogP contribution in [-0.4, -0.2) is 411 Å². The van der Waals surface area contributed by atoms with Crippen molar-refractivity contribution in [1.29, 1.82) is 0 Å². The van der Waals surface area contributed by atoms with Crippen molar-refractivity contribution in [1.82, 2.24) is 0 Å². The SMILES string of the molecule is CC1(C)C(=O)C(CC#CCCCC(=O)OCCOC2C3OC(CO)C(OC4OC(CO)C(OC5OC(CO)C(OC6OC(CO)C(OC7OC(CO)C(OC8OC(CO)C(OC9OC(CO)C(O3)C(O)C9O)C(O)C8O)C(O)C7O)C(O)C6O)C(O)C5O)C(O)C4O)C2O)C(CCC(O)CCc2sc3ccccc3c2Cl)C1O. The second-order valence-corrected chi connectivity index (χ2v) is 31.5. The average Bonchev–Trinajstić information content (AvgIpc) is 1.75. The van der Waals surface area contributed by atoms with Gasteiger partial charge in [0.05, 0.1) is 70.1 Å². The maximum absolute atomic E-state index is 13.7. The van der Waals surface area contributed by atoms with Crippen LogP contribution in [0.2, 0.25) is 5.02 Å². The van der Waals surface area contributed by atoms with Crippen molar-refractivity contribution < 1.29 is 198 Å². The fourth-order valence-corrected chi connectivity index (χ4v) is 17.4. The smallest absolute Gasteiger partial charge is 0.305 e. The Balaban J connectivity index is 0.781. The maximum atomic E-state index is 13.7. The molecule has 1 aromatic heterocycles. The van der Waals surface area contributed by atoms with Crippen molar-refractivity contribution in [3.63, 3.8) is 0 Å². The van der Waals surface area contributed by atoms with E-state index in [-0.39, 0.29) is 31.5 Å². The number of halogens is 1. The highest BCUT2D eigenvalue weighted by molar-refractivity contribution is 7.19. The highest BCUT2D eigenvalue weighted by atomic mass is 35.5. The van der Waals surface area contributed by atoms with Crippen molar-refractivity contribution in [2.24, 2.45) is 17.3 Å². The zero-order chi connectivity index (χ0) is 81.8. The number of rotatable bonds is 21. The summed E-state index contributed by atoms with van der Waals surface area (Å²) >= 11 is 8.21. The number of carbonyl (C=O) groups is 2. The first-order valence-electron chi connectivity index (χ1n) is 37.5. The normalized spacial score (nSPS) is 44.8. The summed E-state index contributed by atoms with van der Waals surface area (Å²) in [5.41, 5.74) is -1.07. The molecule has 42 heteroatoms. The van der Waals surface area contributed by atoms with E-state index in [1.807, 2.05) is 24.3 Å². The summed E-state index contributed by atoms with van der Waals surface area (Å²) in [5.74, 6) is 3.97. The Labute approximate surface area is 655 Å². The van der Waals surface area contributed by atoms with E-state index in [0.29, 0.717) is 30.7 Å². The fraction of sp³-hybridized carbons (Fsp3) is 0.831. The lowest BCUT2D eigenvalue weighted by atomic mass is 9.85. The predicted molar refractivity (Wildman–Crippen MR) is 372 cm³/mol. The summed E-state index contributed by atoms with van der Waals surface area (Å²) in [6.45, 7) is -5.46. The third kappa shape index (κ3) is 19.5. The summed E-state index contributed by atoms with van der Waals surface area (Å²) in [6.07, 6.45) is -71.6. The van der Waals surface area contributed by atoms with Gasteiger partial charge >= 0.3 is 5.97 Å². The van der Waals surface area contributed by atoms with Gasteiger partial charge in [0.15, 0.2) is 44.0 Å². The number of carbonyl (C=O) groups excluding carboxylic acids is 2. The molecule has 22 aliphatic rings. The van der Waals surface area contributed by atoms with Crippen molar-refractivity contribution >= 4 is 44.8 Å². The molecule has 40 nitrogen and oxygen atoms in total. The van der Waals surface area contributed by atoms with Crippen LogP contribution < -0.4 is 0 Å². The molecule has 14 bridgehead atoms. The lowest BCUT2D eigenvalue weighted by molar-refractivity contribution is -0.398. The Kier molecular flexibility index (Phi) is 32.0. The summed E-state index contributed by atoms with van der Waals surface area (Å²) in [4.78, 5) is 27.8. The van der Waals surface area contributed by atoms with Gasteiger partial charge in [-0.15, -0.1) is 23.2 Å². The van der Waals surface area contributed by atoms with E-state index >= 15 is 0 Å². The second kappa shape index (κ2) is 39.9. The molecule has 0 amide bonds. The molecule has 39 atom stereocenters. The van der Waals surface area contributed by atoms with Crippen LogP contribution in [-0.2, 0) is 91.8 Å². The minimum absolute atomic E-state index is 0.111. The van der Waals surface area contributed by atoms with Gasteiger partial charge in [0.2, 0.25) is 0 Å². The van der Waals surface area contributed by atoms with Crippen molar-refractivity contribution in [2.75, 3.05) is 59.5 Å². The summed E-state index contributed by atoms with van der Waals surface area (Å²) in [6, 6.07) is 7.75. The number of benzene rings is 1. The molecule has 24 rings (SSSR count). The zero-order valence-corrected chi connectivity index (χ0v) is 62.9. The first kappa shape index (κ1) is 90.5. The number of hydrogen-bond donors (Lipinski definition) is 22. The van der Waals surface area contributed by atoms with Crippen LogP contribution in [0.25, 0.3) is 10.1 Å². The molecule has 21 saturated heterocycles. The van der Waals surface area contributed by atoms with Crippen LogP contribution in [0, 0.1) is 29.1 Å². The highest BCUT2D eigenvalue weighted by Gasteiger charge is 2.61. The quantitative estimate of drug-likeness (QED) is 0.0313. The zero-order valence-electron chi connectivity index (χ0n) is 61.3. The van der Waals surface area contributed by atoms with Crippen LogP contribution >= 0.6 is 22.9 Å². The Hall–Kier alpha value is -3.31. The third-order valence-electron chi connectivity index (χ3n) is 22.3. The molecule has 0 spiro atoms. The first-order chi connectivity index (χ1) is 53.9. The van der Waals surface area contributed by atoms with Gasteiger partial charge in [-0.3, -0.25) is 9.59 Å². The molecule has 1 saturated carbocycles. The van der Waals surface area contributed by atoms with Crippen molar-refractivity contribution in [3.8, 4) is 11.8 Å². The largest absolute Gasteiger partial charge is 0.463 e. The second-order valence-electron chi connectivity index (χ2n) is 30.0. The number of aliphatic hydroxyl groups excluding tert-OH is 22. The lowest BCUT2D eigenvalue weighted by Crippen LogP contribution is -2.68. The minimum Gasteiger partial charge on any atom is -0.463 e. The maximum Gasteiger partial charge on any atom is 0.305 e. The molecule has 2 aromatic rings. The minimum atomic E-state index is -2.29. The van der Waals surface area contributed by atoms with Crippen LogP contribution in [0.4, 0.5) is 0 Å². The summed E-state index contributed by atoms with van der Waals surface area (Å²) in [5, 5.41) is 250. The molecule has 22 fully saturated rings. The van der Waals surface area contributed by atoms with Crippen LogP contribution in [0.5, 0.6) is 0 Å². The van der Waals surface area contributed by atoms with E-state index in [4.69, 9.17) is 87.4 Å². The number of ketones is 1. The number of aryl methyl sites for hydroxylation is 1. The van der Waals surface area contributed by atoms with Gasteiger partial charge in [0, 0.05) is 45.6 Å². The topological polar surface area (TPSA) is 627 Å². The Morgan fingerprint density at radius 1 is 0.478 bits per heavy atom. The molecule has 22 N–H and O–H groups in total. The van der Waals surface area contributed by atoms with Crippen molar-refractivity contribution in [3.05, 3.63) is 34.2 Å². The molecule has 0 radical (unpaired) electrons. The first-order valence-corrected chi connectivity index (χ1v) is 38.7. The molecule has 113 heavy (non-hydrogen) atoms. The van der Waals surface area contributed by atoms with E-state index in [1.54, 1.807) is 25.2 Å². The van der Waals surface area contributed by atoms with Gasteiger partial charge < -0.3 is 188 Å². The summed E-state index contributed by atoms with van der Waals surface area (Å²) in [7, 11) is 0. The van der Waals surface area contributed by atoms with E-state index in [1.165, 1.54) is 0 Å². The van der Waals surface area contributed by atoms with Crippen molar-refractivity contribution in [2.45, 2.75) is 292 Å². The number of Topliss-reactive ketones (excluding diaryl/α,β-unsaturated/α-hetero) is 1. The average molecular weight is 1670 g/mol. The van der Waals surface area contributed by atoms with E-state index < -0.39 is 310 Å². The third-order valence-corrected chi connectivity index (χ3v) is 24.1. The van der Waals surface area contributed by atoms with Gasteiger partial charge in [-0.25, -0.2) is 0 Å². The molecule has 39 unspecified atom stereocenters. The lowest BCUT2D eigenvalue weighted by Gasteiger charge is -2.50. The van der Waals surface area contributed by atoms with Gasteiger partial charge in [0.25, 0.3) is 0 Å². The molecular formula is C71H105ClO40S. The molecular weight excluding hydrogens is 1560 g/mol.